The van der Waals surface area contributed by atoms with E-state index < -0.39 is 17.7 Å². The van der Waals surface area contributed by atoms with Crippen molar-refractivity contribution in [1.82, 2.24) is 4.90 Å². The van der Waals surface area contributed by atoms with Crippen molar-refractivity contribution in [3.05, 3.63) is 100 Å². The number of amides is 1. The molecule has 7 heteroatoms. The second-order valence-corrected chi connectivity index (χ2v) is 9.66. The molecule has 0 aliphatic carbocycles. The topological polar surface area (TPSA) is 85.3 Å². The van der Waals surface area contributed by atoms with Gasteiger partial charge < -0.3 is 24.2 Å². The van der Waals surface area contributed by atoms with Crippen LogP contribution in [0.1, 0.15) is 47.2 Å². The fourth-order valence-electron chi connectivity index (χ4n) is 4.60. The first-order chi connectivity index (χ1) is 18.8. The van der Waals surface area contributed by atoms with Gasteiger partial charge in [-0.2, -0.15) is 0 Å². The number of aryl methyl sites for hydroxylation is 2. The van der Waals surface area contributed by atoms with Crippen LogP contribution in [0.2, 0.25) is 0 Å². The van der Waals surface area contributed by atoms with Gasteiger partial charge in [-0.1, -0.05) is 48.9 Å². The molecule has 0 bridgehead atoms. The van der Waals surface area contributed by atoms with E-state index in [-0.39, 0.29) is 24.5 Å². The lowest BCUT2D eigenvalue weighted by Crippen LogP contribution is -2.32. The standard InChI is InChI=1S/C32H35NO6/c1-5-16-38-27-14-13-25(18-22(27)3)30(34)28-29(33(15-17-37-4)32(36)31(28)35)24-7-6-8-26(19-24)39-20-23-11-9-21(2)10-12-23/h6-14,18-19,29,34H,5,15-17,20H2,1-4H3/b30-28+. The zero-order valence-electron chi connectivity index (χ0n) is 22.9. The first kappa shape index (κ1) is 27.9. The Morgan fingerprint density at radius 2 is 1.72 bits per heavy atom. The van der Waals surface area contributed by atoms with Gasteiger partial charge in [0, 0.05) is 19.2 Å². The maximum absolute atomic E-state index is 13.3. The van der Waals surface area contributed by atoms with E-state index in [9.17, 15) is 14.7 Å². The molecule has 1 amide bonds. The van der Waals surface area contributed by atoms with Crippen LogP contribution in [0.15, 0.2) is 72.3 Å². The molecule has 1 fully saturated rings. The minimum Gasteiger partial charge on any atom is -0.507 e. The van der Waals surface area contributed by atoms with Gasteiger partial charge in [0.25, 0.3) is 11.7 Å². The highest BCUT2D eigenvalue weighted by Gasteiger charge is 2.46. The van der Waals surface area contributed by atoms with Crippen LogP contribution in [0.3, 0.4) is 0 Å². The number of ketones is 1. The Kier molecular flexibility index (Phi) is 9.04. The van der Waals surface area contributed by atoms with Crippen molar-refractivity contribution >= 4 is 17.4 Å². The van der Waals surface area contributed by atoms with E-state index in [0.29, 0.717) is 35.8 Å². The van der Waals surface area contributed by atoms with E-state index in [2.05, 4.69) is 0 Å². The molecule has 1 saturated heterocycles. The van der Waals surface area contributed by atoms with Crippen LogP contribution < -0.4 is 9.47 Å². The fourth-order valence-corrected chi connectivity index (χ4v) is 4.60. The molecular formula is C32H35NO6. The molecule has 3 aromatic rings. The van der Waals surface area contributed by atoms with E-state index in [1.807, 2.05) is 69.3 Å². The molecule has 4 rings (SSSR count). The number of rotatable bonds is 11. The van der Waals surface area contributed by atoms with Crippen molar-refractivity contribution in [3.8, 4) is 11.5 Å². The molecule has 1 unspecified atom stereocenters. The number of hydrogen-bond acceptors (Lipinski definition) is 6. The van der Waals surface area contributed by atoms with E-state index in [1.54, 1.807) is 18.2 Å². The van der Waals surface area contributed by atoms with Crippen LogP contribution in [-0.4, -0.2) is 48.6 Å². The van der Waals surface area contributed by atoms with Crippen LogP contribution in [0.5, 0.6) is 11.5 Å². The maximum atomic E-state index is 13.3. The molecule has 204 valence electrons. The van der Waals surface area contributed by atoms with Gasteiger partial charge in [-0.05, 0) is 67.3 Å². The van der Waals surface area contributed by atoms with Crippen molar-refractivity contribution in [2.45, 2.75) is 39.8 Å². The summed E-state index contributed by atoms with van der Waals surface area (Å²) in [7, 11) is 1.54. The van der Waals surface area contributed by atoms with Gasteiger partial charge in [0.2, 0.25) is 0 Å². The molecule has 1 heterocycles. The highest BCUT2D eigenvalue weighted by molar-refractivity contribution is 6.46. The lowest BCUT2D eigenvalue weighted by molar-refractivity contribution is -0.140. The predicted molar refractivity (Wildman–Crippen MR) is 150 cm³/mol. The van der Waals surface area contributed by atoms with Crippen LogP contribution in [0.25, 0.3) is 5.76 Å². The molecule has 1 aliphatic heterocycles. The number of carbonyl (C=O) groups excluding carboxylic acids is 2. The number of nitrogens with zero attached hydrogens (tertiary/aromatic N) is 1. The normalized spacial score (nSPS) is 16.5. The largest absolute Gasteiger partial charge is 0.507 e. The summed E-state index contributed by atoms with van der Waals surface area (Å²) in [6, 6.07) is 19.8. The van der Waals surface area contributed by atoms with Crippen molar-refractivity contribution in [1.29, 1.82) is 0 Å². The SMILES string of the molecule is CCCOc1ccc(/C(O)=C2\C(=O)C(=O)N(CCOC)C2c2cccc(OCc3ccc(C)cc3)c2)cc1C. The third-order valence-electron chi connectivity index (χ3n) is 6.69. The summed E-state index contributed by atoms with van der Waals surface area (Å²) in [6.45, 7) is 7.34. The summed E-state index contributed by atoms with van der Waals surface area (Å²) in [6.07, 6.45) is 0.875. The Hall–Kier alpha value is -4.10. The second-order valence-electron chi connectivity index (χ2n) is 9.66. The molecule has 1 atom stereocenters. The molecule has 1 aliphatic rings. The molecule has 3 aromatic carbocycles. The average Bonchev–Trinajstić information content (AvgIpc) is 3.19. The Morgan fingerprint density at radius 1 is 0.949 bits per heavy atom. The number of hydrogen-bond donors (Lipinski definition) is 1. The number of aliphatic hydroxyl groups excluding tert-OH is 1. The van der Waals surface area contributed by atoms with Crippen molar-refractivity contribution in [2.24, 2.45) is 0 Å². The van der Waals surface area contributed by atoms with Crippen molar-refractivity contribution < 1.29 is 28.9 Å². The first-order valence-corrected chi connectivity index (χ1v) is 13.1. The highest BCUT2D eigenvalue weighted by atomic mass is 16.5. The van der Waals surface area contributed by atoms with Crippen LogP contribution in [-0.2, 0) is 20.9 Å². The molecular weight excluding hydrogens is 494 g/mol. The highest BCUT2D eigenvalue weighted by Crippen LogP contribution is 2.40. The van der Waals surface area contributed by atoms with Gasteiger partial charge in [0.1, 0.15) is 23.9 Å². The van der Waals surface area contributed by atoms with Gasteiger partial charge in [0.05, 0.1) is 24.8 Å². The molecule has 39 heavy (non-hydrogen) atoms. The Morgan fingerprint density at radius 3 is 2.41 bits per heavy atom. The number of methoxy groups -OCH3 is 1. The number of aliphatic hydroxyl groups is 1. The van der Waals surface area contributed by atoms with Gasteiger partial charge >= 0.3 is 0 Å². The summed E-state index contributed by atoms with van der Waals surface area (Å²) in [5, 5.41) is 11.4. The predicted octanol–water partition coefficient (Wildman–Crippen LogP) is 5.74. The number of likely N-dealkylation sites (tertiary alicyclic amines) is 1. The van der Waals surface area contributed by atoms with Crippen LogP contribution in [0.4, 0.5) is 0 Å². The summed E-state index contributed by atoms with van der Waals surface area (Å²) in [4.78, 5) is 27.9. The average molecular weight is 530 g/mol. The Bertz CT molecular complexity index is 1360. The van der Waals surface area contributed by atoms with E-state index in [4.69, 9.17) is 14.2 Å². The molecule has 1 N–H and O–H groups in total. The van der Waals surface area contributed by atoms with Crippen molar-refractivity contribution in [3.63, 3.8) is 0 Å². The molecule has 0 spiro atoms. The van der Waals surface area contributed by atoms with Gasteiger partial charge in [-0.15, -0.1) is 0 Å². The minimum absolute atomic E-state index is 0.0356. The summed E-state index contributed by atoms with van der Waals surface area (Å²) >= 11 is 0. The quantitative estimate of drug-likeness (QED) is 0.194. The summed E-state index contributed by atoms with van der Waals surface area (Å²) in [5.74, 6) is -0.329. The maximum Gasteiger partial charge on any atom is 0.295 e. The lowest BCUT2D eigenvalue weighted by Gasteiger charge is -2.25. The number of benzene rings is 3. The zero-order chi connectivity index (χ0) is 27.9. The minimum atomic E-state index is -0.792. The van der Waals surface area contributed by atoms with E-state index >= 15 is 0 Å². The molecule has 0 radical (unpaired) electrons. The second kappa shape index (κ2) is 12.6. The van der Waals surface area contributed by atoms with Crippen LogP contribution in [0, 0.1) is 13.8 Å². The van der Waals surface area contributed by atoms with Crippen molar-refractivity contribution in [2.75, 3.05) is 26.9 Å². The van der Waals surface area contributed by atoms with Gasteiger partial charge in [-0.25, -0.2) is 0 Å². The first-order valence-electron chi connectivity index (χ1n) is 13.1. The van der Waals surface area contributed by atoms with Crippen LogP contribution >= 0.6 is 0 Å². The molecule has 7 nitrogen and oxygen atoms in total. The monoisotopic (exact) mass is 529 g/mol. The Balaban J connectivity index is 1.71. The Labute approximate surface area is 229 Å². The van der Waals surface area contributed by atoms with E-state index in [1.165, 1.54) is 17.6 Å². The van der Waals surface area contributed by atoms with Gasteiger partial charge in [0.15, 0.2) is 0 Å². The summed E-state index contributed by atoms with van der Waals surface area (Å²) < 4.78 is 17.0. The van der Waals surface area contributed by atoms with Gasteiger partial charge in [-0.3, -0.25) is 9.59 Å². The molecule has 0 saturated carbocycles. The zero-order valence-corrected chi connectivity index (χ0v) is 22.9. The summed E-state index contributed by atoms with van der Waals surface area (Å²) in [5.41, 5.74) is 4.16. The fraction of sp³-hybridized carbons (Fsp3) is 0.312. The number of Topliss-reactive ketones (excluding diaryl/α,β-unsaturated/α-hetero) is 1. The van der Waals surface area contributed by atoms with E-state index in [0.717, 1.165) is 17.5 Å². The molecule has 0 aromatic heterocycles. The number of carbonyl (C=O) groups is 2. The smallest absolute Gasteiger partial charge is 0.295 e. The number of ether oxygens (including phenoxy) is 3. The third-order valence-corrected chi connectivity index (χ3v) is 6.69. The lowest BCUT2D eigenvalue weighted by atomic mass is 9.94. The third kappa shape index (κ3) is 6.32.